The summed E-state index contributed by atoms with van der Waals surface area (Å²) in [5, 5.41) is 0. The van der Waals surface area contributed by atoms with Crippen LogP contribution < -0.4 is 4.90 Å². The van der Waals surface area contributed by atoms with E-state index < -0.39 is 17.7 Å². The van der Waals surface area contributed by atoms with E-state index in [0.29, 0.717) is 34.4 Å². The Hall–Kier alpha value is -3.58. The zero-order valence-corrected chi connectivity index (χ0v) is 20.9. The van der Waals surface area contributed by atoms with E-state index in [1.165, 1.54) is 11.0 Å². The average molecular weight is 506 g/mol. The number of halogens is 2. The molecule has 0 aliphatic carbocycles. The largest absolute Gasteiger partial charge is 0.440 e. The van der Waals surface area contributed by atoms with Crippen LogP contribution in [0.2, 0.25) is 0 Å². The summed E-state index contributed by atoms with van der Waals surface area (Å²) in [5.74, 6) is -1.54. The third kappa shape index (κ3) is 5.57. The average Bonchev–Trinajstić information content (AvgIpc) is 2.90. The first kappa shape index (κ1) is 25.1. The number of Topliss-reactive ketones (excluding diaryl/α,β-unsaturated/α-hetero) is 1. The van der Waals surface area contributed by atoms with Gasteiger partial charge in [0.05, 0.1) is 19.6 Å². The van der Waals surface area contributed by atoms with Gasteiger partial charge in [-0.2, -0.15) is 0 Å². The Kier molecular flexibility index (Phi) is 7.07. The monoisotopic (exact) mass is 505 g/mol. The molecule has 0 aromatic heterocycles. The molecule has 5 nitrogen and oxygen atoms in total. The zero-order valence-electron chi connectivity index (χ0n) is 20.9. The molecule has 2 bridgehead atoms. The van der Waals surface area contributed by atoms with Gasteiger partial charge in [-0.1, -0.05) is 48.5 Å². The molecule has 3 aromatic rings. The Morgan fingerprint density at radius 1 is 0.946 bits per heavy atom. The number of anilines is 1. The summed E-state index contributed by atoms with van der Waals surface area (Å²) < 4.78 is 34.1. The number of carbonyl (C=O) groups excluding carboxylic acids is 2. The lowest BCUT2D eigenvalue weighted by molar-refractivity contribution is -0.938. The highest BCUT2D eigenvalue weighted by molar-refractivity contribution is 5.97. The minimum absolute atomic E-state index is 0.0450. The van der Waals surface area contributed by atoms with Crippen LogP contribution in [0.3, 0.4) is 0 Å². The molecule has 3 aromatic carbocycles. The first-order valence-corrected chi connectivity index (χ1v) is 12.7. The molecule has 1 amide bonds. The van der Waals surface area contributed by atoms with Crippen molar-refractivity contribution >= 4 is 17.6 Å². The maximum absolute atomic E-state index is 13.9. The molecule has 7 heteroatoms. The number of aryl methyl sites for hydroxylation is 1. The lowest BCUT2D eigenvalue weighted by Gasteiger charge is -2.51. The second kappa shape index (κ2) is 10.4. The molecular weight excluding hydrogens is 474 g/mol. The highest BCUT2D eigenvalue weighted by atomic mass is 19.2. The molecule has 0 radical (unpaired) electrons. The Bertz CT molecular complexity index is 1290. The van der Waals surface area contributed by atoms with E-state index in [-0.39, 0.29) is 24.3 Å². The quantitative estimate of drug-likeness (QED) is 0.296. The summed E-state index contributed by atoms with van der Waals surface area (Å²) in [6, 6.07) is 20.4. The number of piperidine rings is 3. The van der Waals surface area contributed by atoms with Crippen LogP contribution in [-0.4, -0.2) is 48.6 Å². The molecular formula is C30H31F2N2O3+. The number of rotatable bonds is 7. The minimum Gasteiger partial charge on any atom is -0.440 e. The fourth-order valence-electron chi connectivity index (χ4n) is 5.67. The lowest BCUT2D eigenvalue weighted by atomic mass is 9.83. The molecule has 37 heavy (non-hydrogen) atoms. The van der Waals surface area contributed by atoms with Crippen molar-refractivity contribution in [2.75, 3.05) is 31.1 Å². The van der Waals surface area contributed by atoms with Gasteiger partial charge in [0, 0.05) is 30.0 Å². The standard InChI is InChI=1S/C30H31F2N2O3/c1-21-6-5-9-25(16-21)33(18-22-10-11-26(31)27(32)17-22)30(36)37-29-20-34(14-12-24(29)13-15-34)19-28(35)23-7-3-2-4-8-23/h2-11,16-17,24,29H,12-15,18-20H2,1H3/q+1. The number of nitrogens with zero attached hydrogens (tertiary/aromatic N) is 2. The highest BCUT2D eigenvalue weighted by Gasteiger charge is 2.49. The molecule has 6 rings (SSSR count). The van der Waals surface area contributed by atoms with Crippen LogP contribution in [0.1, 0.15) is 34.3 Å². The van der Waals surface area contributed by atoms with Crippen molar-refractivity contribution in [2.45, 2.75) is 32.4 Å². The van der Waals surface area contributed by atoms with Crippen LogP contribution >= 0.6 is 0 Å². The summed E-state index contributed by atoms with van der Waals surface area (Å²) in [5.41, 5.74) is 2.75. The molecule has 3 saturated heterocycles. The molecule has 0 saturated carbocycles. The fraction of sp³-hybridized carbons (Fsp3) is 0.333. The fourth-order valence-corrected chi connectivity index (χ4v) is 5.67. The number of benzene rings is 3. The van der Waals surface area contributed by atoms with Crippen molar-refractivity contribution in [1.82, 2.24) is 0 Å². The molecule has 1 atom stereocenters. The van der Waals surface area contributed by atoms with Gasteiger partial charge in [-0.05, 0) is 42.3 Å². The summed E-state index contributed by atoms with van der Waals surface area (Å²) >= 11 is 0. The van der Waals surface area contributed by atoms with Crippen molar-refractivity contribution in [1.29, 1.82) is 0 Å². The molecule has 0 spiro atoms. The van der Waals surface area contributed by atoms with Gasteiger partial charge in [0.15, 0.2) is 17.7 Å². The SMILES string of the molecule is Cc1cccc(N(Cc2ccc(F)c(F)c2)C(=O)OC2C[N+]3(CC(=O)c4ccccc4)CCC2CC3)c1. The Labute approximate surface area is 215 Å². The predicted octanol–water partition coefficient (Wildman–Crippen LogP) is 5.91. The number of carbonyl (C=O) groups is 2. The number of amides is 1. The third-order valence-electron chi connectivity index (χ3n) is 7.73. The summed E-state index contributed by atoms with van der Waals surface area (Å²) in [6.45, 7) is 4.75. The van der Waals surface area contributed by atoms with Gasteiger partial charge in [0.1, 0.15) is 13.1 Å². The van der Waals surface area contributed by atoms with Crippen LogP contribution in [0.25, 0.3) is 0 Å². The van der Waals surface area contributed by atoms with Crippen molar-refractivity contribution < 1.29 is 27.6 Å². The van der Waals surface area contributed by atoms with Gasteiger partial charge < -0.3 is 9.22 Å². The summed E-state index contributed by atoms with van der Waals surface area (Å²) in [6.07, 6.45) is 0.957. The number of quaternary nitrogens is 1. The Morgan fingerprint density at radius 2 is 1.70 bits per heavy atom. The van der Waals surface area contributed by atoms with Gasteiger partial charge in [0.2, 0.25) is 5.78 Å². The van der Waals surface area contributed by atoms with Gasteiger partial charge in [-0.3, -0.25) is 9.69 Å². The van der Waals surface area contributed by atoms with Crippen LogP contribution in [0.15, 0.2) is 72.8 Å². The van der Waals surface area contributed by atoms with Crippen molar-refractivity contribution in [3.05, 3.63) is 101 Å². The second-order valence-electron chi connectivity index (χ2n) is 10.4. The summed E-state index contributed by atoms with van der Waals surface area (Å²) in [4.78, 5) is 28.0. The molecule has 3 aliphatic heterocycles. The number of hydrogen-bond acceptors (Lipinski definition) is 3. The van der Waals surface area contributed by atoms with E-state index in [2.05, 4.69) is 0 Å². The maximum atomic E-state index is 13.9. The molecule has 3 heterocycles. The first-order valence-electron chi connectivity index (χ1n) is 12.7. The Balaban J connectivity index is 1.34. The number of hydrogen-bond donors (Lipinski definition) is 0. The first-order chi connectivity index (χ1) is 17.8. The topological polar surface area (TPSA) is 46.6 Å². The summed E-state index contributed by atoms with van der Waals surface area (Å²) in [7, 11) is 0. The maximum Gasteiger partial charge on any atom is 0.415 e. The Morgan fingerprint density at radius 3 is 2.41 bits per heavy atom. The molecule has 0 N–H and O–H groups in total. The third-order valence-corrected chi connectivity index (χ3v) is 7.73. The van der Waals surface area contributed by atoms with Crippen LogP contribution in [0.4, 0.5) is 19.3 Å². The van der Waals surface area contributed by atoms with Gasteiger partial charge in [0.25, 0.3) is 0 Å². The van der Waals surface area contributed by atoms with E-state index in [1.807, 2.05) is 55.5 Å². The predicted molar refractivity (Wildman–Crippen MR) is 137 cm³/mol. The highest BCUT2D eigenvalue weighted by Crippen LogP contribution is 2.36. The molecule has 192 valence electrons. The van der Waals surface area contributed by atoms with Gasteiger partial charge in [-0.15, -0.1) is 0 Å². The van der Waals surface area contributed by atoms with Crippen LogP contribution in [-0.2, 0) is 11.3 Å². The number of fused-ring (bicyclic) bond motifs is 3. The van der Waals surface area contributed by atoms with Crippen molar-refractivity contribution in [3.8, 4) is 0 Å². The second-order valence-corrected chi connectivity index (χ2v) is 10.4. The van der Waals surface area contributed by atoms with Gasteiger partial charge >= 0.3 is 6.09 Å². The van der Waals surface area contributed by atoms with Crippen molar-refractivity contribution in [3.63, 3.8) is 0 Å². The molecule has 1 unspecified atom stereocenters. The van der Waals surface area contributed by atoms with E-state index in [0.717, 1.165) is 43.6 Å². The lowest BCUT2D eigenvalue weighted by Crippen LogP contribution is -2.66. The minimum atomic E-state index is -0.957. The van der Waals surface area contributed by atoms with Gasteiger partial charge in [-0.25, -0.2) is 13.6 Å². The van der Waals surface area contributed by atoms with Crippen molar-refractivity contribution in [2.24, 2.45) is 5.92 Å². The smallest absolute Gasteiger partial charge is 0.415 e. The van der Waals surface area contributed by atoms with E-state index in [4.69, 9.17) is 4.74 Å². The van der Waals surface area contributed by atoms with E-state index >= 15 is 0 Å². The normalized spacial score (nSPS) is 22.5. The van der Waals surface area contributed by atoms with Crippen LogP contribution in [0, 0.1) is 24.5 Å². The molecule has 3 fully saturated rings. The number of ketones is 1. The van der Waals surface area contributed by atoms with Crippen LogP contribution in [0.5, 0.6) is 0 Å². The van der Waals surface area contributed by atoms with E-state index in [9.17, 15) is 18.4 Å². The molecule has 3 aliphatic rings. The van der Waals surface area contributed by atoms with E-state index in [1.54, 1.807) is 6.07 Å². The zero-order chi connectivity index (χ0) is 26.0. The number of ether oxygens (including phenoxy) is 1.